The third-order valence-electron chi connectivity index (χ3n) is 14.1. The molecule has 3 fully saturated rings. The Morgan fingerprint density at radius 3 is 2.00 bits per heavy atom. The van der Waals surface area contributed by atoms with Gasteiger partial charge in [0.2, 0.25) is 35.4 Å². The number of halogens is 2. The molecule has 0 radical (unpaired) electrons. The van der Waals surface area contributed by atoms with Crippen LogP contribution in [-0.4, -0.2) is 252 Å². The van der Waals surface area contributed by atoms with Crippen molar-refractivity contribution in [2.24, 2.45) is 10.7 Å². The molecule has 0 unspecified atom stereocenters. The van der Waals surface area contributed by atoms with Gasteiger partial charge in [0, 0.05) is 117 Å². The molecule has 8 N–H and O–H groups in total. The lowest BCUT2D eigenvalue weighted by molar-refractivity contribution is -0.142. The fourth-order valence-electron chi connectivity index (χ4n) is 9.65. The summed E-state index contributed by atoms with van der Waals surface area (Å²) in [5, 5.41) is 29.9. The van der Waals surface area contributed by atoms with Gasteiger partial charge in [-0.05, 0) is 30.5 Å². The molecule has 26 nitrogen and oxygen atoms in total. The fourth-order valence-corrected chi connectivity index (χ4v) is 9.65. The molecular weight excluding hydrogens is 1070 g/mol. The van der Waals surface area contributed by atoms with Crippen molar-refractivity contribution < 1.29 is 62.1 Å². The van der Waals surface area contributed by atoms with Crippen LogP contribution in [0.25, 0.3) is 15.7 Å². The number of carbonyl (C=O) groups is 9. The van der Waals surface area contributed by atoms with Gasteiger partial charge in [-0.3, -0.25) is 77.6 Å². The molecule has 442 valence electrons. The Bertz CT molecular complexity index is 2840. The number of nitrogens with one attached hydrogen (secondary N) is 4. The average Bonchev–Trinajstić information content (AvgIpc) is 3.99. The van der Waals surface area contributed by atoms with Crippen LogP contribution < -0.4 is 27.0 Å². The quantitative estimate of drug-likeness (QED) is 0.0271. The monoisotopic (exact) mass is 1140 g/mol. The normalized spacial score (nSPS) is 18.0. The molecule has 4 heterocycles. The van der Waals surface area contributed by atoms with E-state index in [1.54, 1.807) is 62.9 Å². The molecule has 1 aromatic heterocycles. The van der Waals surface area contributed by atoms with Crippen LogP contribution >= 0.6 is 0 Å². The predicted molar refractivity (Wildman–Crippen MR) is 295 cm³/mol. The van der Waals surface area contributed by atoms with Crippen molar-refractivity contribution in [3.63, 3.8) is 0 Å². The zero-order valence-electron chi connectivity index (χ0n) is 45.9. The zero-order chi connectivity index (χ0) is 59.5. The first-order valence-electron chi connectivity index (χ1n) is 26.9. The number of carboxylic acids is 2. The minimum absolute atomic E-state index is 0.00532. The predicted octanol–water partition coefficient (Wildman–Crippen LogP) is -0.575. The summed E-state index contributed by atoms with van der Waals surface area (Å²) in [6, 6.07) is 12.7. The number of pyridine rings is 1. The van der Waals surface area contributed by atoms with E-state index in [0.29, 0.717) is 39.3 Å². The van der Waals surface area contributed by atoms with E-state index in [9.17, 15) is 62.1 Å². The second-order valence-corrected chi connectivity index (χ2v) is 20.5. The number of rotatable bonds is 23. The Morgan fingerprint density at radius 1 is 0.780 bits per heavy atom. The lowest BCUT2D eigenvalue weighted by Gasteiger charge is -2.37. The van der Waals surface area contributed by atoms with Crippen molar-refractivity contribution >= 4 is 75.8 Å². The third kappa shape index (κ3) is 18.8. The molecule has 3 aliphatic rings. The number of nitrogens with zero attached hydrogens (tertiary/aromatic N) is 10. The first-order chi connectivity index (χ1) is 39.1. The van der Waals surface area contributed by atoms with Gasteiger partial charge in [-0.1, -0.05) is 42.5 Å². The van der Waals surface area contributed by atoms with Gasteiger partial charge in [0.1, 0.15) is 18.5 Å². The Kier molecular flexibility index (Phi) is 22.9. The number of hydrogen-bond acceptors (Lipinski definition) is 14. The number of anilines is 1. The van der Waals surface area contributed by atoms with E-state index in [2.05, 4.69) is 36.1 Å². The average molecular weight is 1140 g/mol. The van der Waals surface area contributed by atoms with Crippen LogP contribution in [0.1, 0.15) is 48.0 Å². The van der Waals surface area contributed by atoms with E-state index in [1.165, 1.54) is 18.3 Å². The first-order valence-corrected chi connectivity index (χ1v) is 26.9. The van der Waals surface area contributed by atoms with Crippen molar-refractivity contribution in [3.8, 4) is 0 Å². The maximum absolute atomic E-state index is 14.5. The minimum atomic E-state index is -3.23. The van der Waals surface area contributed by atoms with Crippen molar-refractivity contribution in [2.45, 2.75) is 62.7 Å². The highest BCUT2D eigenvalue weighted by Gasteiger charge is 2.51. The number of aliphatic carboxylic acids is 2. The van der Waals surface area contributed by atoms with E-state index < -0.39 is 91.1 Å². The number of carboxylic acid groups (broad SMARTS) is 2. The number of amides is 7. The van der Waals surface area contributed by atoms with Crippen molar-refractivity contribution in [1.29, 1.82) is 0 Å². The highest BCUT2D eigenvalue weighted by Crippen LogP contribution is 2.33. The number of fused-ring (bicyclic) bond motifs is 1. The first kappa shape index (κ1) is 62.8. The van der Waals surface area contributed by atoms with E-state index in [0.717, 1.165) is 10.5 Å². The highest BCUT2D eigenvalue weighted by atomic mass is 19.3. The number of likely N-dealkylation sites (tertiary alicyclic amines) is 1. The van der Waals surface area contributed by atoms with E-state index in [1.807, 2.05) is 23.1 Å². The molecule has 3 saturated heterocycles. The Balaban J connectivity index is 1.08. The number of aliphatic imine (C=N–C) groups is 1. The summed E-state index contributed by atoms with van der Waals surface area (Å²) in [6.07, 6.45) is -1.16. The van der Waals surface area contributed by atoms with Crippen LogP contribution in [0.3, 0.4) is 0 Å². The maximum Gasteiger partial charge on any atom is 0.317 e. The number of para-hydroxylation sites is 1. The van der Waals surface area contributed by atoms with Crippen LogP contribution in [0.2, 0.25) is 0 Å². The van der Waals surface area contributed by atoms with Gasteiger partial charge in [-0.25, -0.2) is 15.4 Å². The van der Waals surface area contributed by atoms with E-state index in [4.69, 9.17) is 12.3 Å². The van der Waals surface area contributed by atoms with E-state index in [-0.39, 0.29) is 118 Å². The third-order valence-corrected chi connectivity index (χ3v) is 14.1. The lowest BCUT2D eigenvalue weighted by atomic mass is 10.0. The van der Waals surface area contributed by atoms with Crippen molar-refractivity contribution in [2.75, 3.05) is 124 Å². The topological polar surface area (TPSA) is 321 Å². The molecule has 3 aliphatic heterocycles. The summed E-state index contributed by atoms with van der Waals surface area (Å²) in [5.41, 5.74) is 7.16. The van der Waals surface area contributed by atoms with Gasteiger partial charge >= 0.3 is 18.1 Å². The van der Waals surface area contributed by atoms with Gasteiger partial charge in [0.15, 0.2) is 5.96 Å². The molecule has 0 bridgehead atoms. The smallest absolute Gasteiger partial charge is 0.317 e. The summed E-state index contributed by atoms with van der Waals surface area (Å²) >= 11 is 0. The fraction of sp³-hybridized carbons (Fsp3) is 0.519. The molecule has 2 aromatic carbocycles. The second kappa shape index (κ2) is 29.9. The number of aromatic nitrogens is 1. The molecule has 3 aromatic rings. The number of guanidine groups is 1. The minimum Gasteiger partial charge on any atom is -0.480 e. The molecule has 3 atom stereocenters. The summed E-state index contributed by atoms with van der Waals surface area (Å²) in [4.78, 5) is 141. The molecule has 6 rings (SSSR count). The molecule has 7 amide bonds. The molecule has 82 heavy (non-hydrogen) atoms. The van der Waals surface area contributed by atoms with Crippen molar-refractivity contribution in [3.05, 3.63) is 83.3 Å². The highest BCUT2D eigenvalue weighted by molar-refractivity contribution is 6.11. The largest absolute Gasteiger partial charge is 0.480 e. The van der Waals surface area contributed by atoms with Crippen LogP contribution in [0.4, 0.5) is 14.5 Å². The number of benzene rings is 2. The summed E-state index contributed by atoms with van der Waals surface area (Å²) in [5.74, 6) is -9.19. The Hall–Kier alpha value is -8.42. The standard InChI is InChI=1S/C54H71F2N15O11/c1-58-42-30-54(55,56)35-71(42)45(74)31-61-50(80)38-16-18-59-49-37(38)11-7-12-39(49)62-43(72)14-15-44(73)63-40(13-8-17-60-53(57)65(2)3)51(81)64-41(29-36-9-5-4-6-10-36)52(82)70-27-25-69(26-28-70)46(75)32-66-19-21-67(33-47(76)77)23-24-68(22-20-66)34-48(78)79/h4-7,9-12,16,18,40-42H,8,13-15,17,19-35H2,2-3H3,(H2,57,60)(H,61,80)(H,62,72)(H,63,73)(H,64,81)(H,76,77)(H,78,79)/t40-,41-,42-/m0/s1. The van der Waals surface area contributed by atoms with Gasteiger partial charge in [0.25, 0.3) is 11.8 Å². The van der Waals surface area contributed by atoms with Crippen molar-refractivity contribution in [1.82, 2.24) is 55.2 Å². The van der Waals surface area contributed by atoms with Gasteiger partial charge in [0.05, 0.1) is 49.5 Å². The molecular formula is C54H71F2N15O11. The SMILES string of the molecule is [C-]#[N+][C@@H]1CC(F)(F)CN1C(=O)CNC(=O)c1ccnc2c(NC(=O)CCC(=O)N[C@@H](CCCN=C(N)N(C)C)C(=O)N[C@@H](Cc3ccccc3)C(=O)N3CCN(C(=O)CN4CCN(CC(=O)O)CCN(CC(=O)O)CC4)CC3)cccc12. The van der Waals surface area contributed by atoms with Gasteiger partial charge < -0.3 is 51.9 Å². The Morgan fingerprint density at radius 2 is 1.39 bits per heavy atom. The maximum atomic E-state index is 14.5. The lowest BCUT2D eigenvalue weighted by Crippen LogP contribution is -2.59. The van der Waals surface area contributed by atoms with Crippen LogP contribution in [0.15, 0.2) is 65.8 Å². The zero-order valence-corrected chi connectivity index (χ0v) is 45.9. The second-order valence-electron chi connectivity index (χ2n) is 20.5. The van der Waals surface area contributed by atoms with Crippen LogP contribution in [0.5, 0.6) is 0 Å². The number of alkyl halides is 2. The molecule has 0 saturated carbocycles. The van der Waals surface area contributed by atoms with Crippen LogP contribution in [-0.2, 0) is 44.8 Å². The van der Waals surface area contributed by atoms with Gasteiger partial charge in [-0.2, -0.15) is 0 Å². The molecule has 28 heteroatoms. The molecule has 0 spiro atoms. The summed E-state index contributed by atoms with van der Waals surface area (Å²) in [6.45, 7) is 8.16. The number of nitrogens with two attached hydrogens (primary N) is 1. The molecule has 0 aliphatic carbocycles. The number of piperazine rings is 1. The summed E-state index contributed by atoms with van der Waals surface area (Å²) in [7, 11) is 3.43. The number of hydrogen-bond donors (Lipinski definition) is 7. The summed E-state index contributed by atoms with van der Waals surface area (Å²) < 4.78 is 27.9. The Labute approximate surface area is 472 Å². The van der Waals surface area contributed by atoms with Crippen LogP contribution in [0, 0.1) is 6.57 Å². The number of carbonyl (C=O) groups excluding carboxylic acids is 7. The van der Waals surface area contributed by atoms with E-state index >= 15 is 0 Å². The van der Waals surface area contributed by atoms with Gasteiger partial charge in [-0.15, -0.1) is 0 Å².